The summed E-state index contributed by atoms with van der Waals surface area (Å²) in [5.74, 6) is -0.169. The largest absolute Gasteiger partial charge is 0.472 e. The lowest BCUT2D eigenvalue weighted by Gasteiger charge is -2.25. The van der Waals surface area contributed by atoms with Crippen molar-refractivity contribution in [1.82, 2.24) is 5.32 Å². The minimum Gasteiger partial charge on any atom is -0.387 e. The van der Waals surface area contributed by atoms with Gasteiger partial charge in [-0.05, 0) is 19.3 Å². The number of allylic oxidation sites excluding steroid dienone is 1. The molecule has 1 amide bonds. The van der Waals surface area contributed by atoms with E-state index < -0.39 is 20.0 Å². The molecular formula is C67H136N2O6P+. The van der Waals surface area contributed by atoms with Crippen LogP contribution >= 0.6 is 7.82 Å². The number of aliphatic hydroxyl groups excluding tert-OH is 1. The van der Waals surface area contributed by atoms with Crippen molar-refractivity contribution in [2.75, 3.05) is 40.9 Å². The summed E-state index contributed by atoms with van der Waals surface area (Å²) in [6.45, 7) is 4.87. The normalized spacial score (nSPS) is 13.7. The monoisotopic (exact) mass is 1100 g/mol. The van der Waals surface area contributed by atoms with Crippen LogP contribution < -0.4 is 5.32 Å². The summed E-state index contributed by atoms with van der Waals surface area (Å²) in [5.41, 5.74) is 0. The molecule has 0 bridgehead atoms. The second-order valence-corrected chi connectivity index (χ2v) is 26.4. The Labute approximate surface area is 475 Å². The van der Waals surface area contributed by atoms with Gasteiger partial charge in [0, 0.05) is 6.42 Å². The number of nitrogens with one attached hydrogen (secondary N) is 1. The summed E-state index contributed by atoms with van der Waals surface area (Å²) in [4.78, 5) is 23.3. The van der Waals surface area contributed by atoms with E-state index in [1.165, 1.54) is 308 Å². The molecule has 0 radical (unpaired) electrons. The number of hydrogen-bond donors (Lipinski definition) is 3. The summed E-state index contributed by atoms with van der Waals surface area (Å²) in [6, 6.07) is -0.842. The maximum Gasteiger partial charge on any atom is 0.472 e. The number of phosphoric acid groups is 1. The van der Waals surface area contributed by atoms with E-state index in [4.69, 9.17) is 9.05 Å². The van der Waals surface area contributed by atoms with Crippen molar-refractivity contribution in [3.8, 4) is 0 Å². The first-order chi connectivity index (χ1) is 37.0. The molecule has 0 aliphatic carbocycles. The Hall–Kier alpha value is -0.760. The fourth-order valence-electron chi connectivity index (χ4n) is 10.7. The van der Waals surface area contributed by atoms with Crippen molar-refractivity contribution in [3.63, 3.8) is 0 Å². The first-order valence-electron chi connectivity index (χ1n) is 34.1. The third kappa shape index (κ3) is 60.9. The van der Waals surface area contributed by atoms with E-state index in [0.29, 0.717) is 17.4 Å². The zero-order chi connectivity index (χ0) is 55.6. The molecule has 0 saturated carbocycles. The van der Waals surface area contributed by atoms with Gasteiger partial charge in [0.2, 0.25) is 5.91 Å². The van der Waals surface area contributed by atoms with Crippen molar-refractivity contribution >= 4 is 13.7 Å². The van der Waals surface area contributed by atoms with Gasteiger partial charge in [-0.3, -0.25) is 13.8 Å². The summed E-state index contributed by atoms with van der Waals surface area (Å²) in [5, 5.41) is 13.9. The molecule has 454 valence electrons. The maximum atomic E-state index is 13.0. The van der Waals surface area contributed by atoms with E-state index in [0.717, 1.165) is 32.1 Å². The number of unbranched alkanes of at least 4 members (excludes halogenated alkanes) is 51. The highest BCUT2D eigenvalue weighted by Gasteiger charge is 2.28. The van der Waals surface area contributed by atoms with E-state index >= 15 is 0 Å². The number of likely N-dealkylation sites (N-methyl/N-ethyl adjacent to an activating group) is 1. The quantitative estimate of drug-likeness (QED) is 0.0243. The average molecular weight is 1100 g/mol. The molecule has 3 atom stereocenters. The fourth-order valence-corrected chi connectivity index (χ4v) is 11.4. The molecule has 76 heavy (non-hydrogen) atoms. The van der Waals surface area contributed by atoms with Crippen LogP contribution in [0.4, 0.5) is 0 Å². The zero-order valence-electron chi connectivity index (χ0n) is 52.0. The molecular weight excluding hydrogens is 960 g/mol. The van der Waals surface area contributed by atoms with Crippen LogP contribution in [0.5, 0.6) is 0 Å². The van der Waals surface area contributed by atoms with E-state index in [9.17, 15) is 19.4 Å². The highest BCUT2D eigenvalue weighted by Crippen LogP contribution is 2.43. The Bertz CT molecular complexity index is 1240. The van der Waals surface area contributed by atoms with Crippen LogP contribution in [0.2, 0.25) is 0 Å². The molecule has 0 aliphatic heterocycles. The Morgan fingerprint density at radius 3 is 0.974 bits per heavy atom. The fraction of sp³-hybridized carbons (Fsp3) is 0.955. The van der Waals surface area contributed by atoms with Crippen molar-refractivity contribution < 1.29 is 32.9 Å². The lowest BCUT2D eigenvalue weighted by Crippen LogP contribution is -2.45. The summed E-state index contributed by atoms with van der Waals surface area (Å²) < 4.78 is 23.7. The Morgan fingerprint density at radius 1 is 0.434 bits per heavy atom. The number of amides is 1. The minimum absolute atomic E-state index is 0.0652. The first-order valence-corrected chi connectivity index (χ1v) is 35.6. The van der Waals surface area contributed by atoms with Crippen LogP contribution in [0, 0.1) is 0 Å². The molecule has 0 heterocycles. The Morgan fingerprint density at radius 2 is 0.697 bits per heavy atom. The molecule has 0 aliphatic rings. The number of carbonyl (C=O) groups is 1. The number of aliphatic hydroxyl groups is 1. The van der Waals surface area contributed by atoms with Gasteiger partial charge in [0.15, 0.2) is 0 Å². The first kappa shape index (κ1) is 75.2. The molecule has 0 rings (SSSR count). The summed E-state index contributed by atoms with van der Waals surface area (Å²) in [7, 11) is 1.59. The van der Waals surface area contributed by atoms with E-state index in [1.807, 2.05) is 27.2 Å². The van der Waals surface area contributed by atoms with Gasteiger partial charge in [0.25, 0.3) is 0 Å². The van der Waals surface area contributed by atoms with Gasteiger partial charge in [0.1, 0.15) is 13.2 Å². The molecule has 0 aromatic carbocycles. The number of quaternary nitrogens is 1. The predicted molar refractivity (Wildman–Crippen MR) is 332 cm³/mol. The topological polar surface area (TPSA) is 105 Å². The SMILES string of the molecule is CCCCCCCCCCCCCCC/C=C/C(O)C(COP(=O)(O)OCC[N+](C)(C)C)NC(=O)CCCCCCCCCCCCCCCCCCCCCCCCCCCCCCCCCCCCCCCCC. The summed E-state index contributed by atoms with van der Waals surface area (Å²) in [6.07, 6.45) is 75.2. The second-order valence-electron chi connectivity index (χ2n) is 24.9. The second kappa shape index (κ2) is 58.9. The van der Waals surface area contributed by atoms with E-state index in [2.05, 4.69) is 19.2 Å². The van der Waals surface area contributed by atoms with Crippen molar-refractivity contribution in [2.24, 2.45) is 0 Å². The number of nitrogens with zero attached hydrogens (tertiary/aromatic N) is 1. The van der Waals surface area contributed by atoms with Gasteiger partial charge in [0.05, 0.1) is 39.9 Å². The van der Waals surface area contributed by atoms with Crippen LogP contribution in [0.25, 0.3) is 0 Å². The standard InChI is InChI=1S/C67H135N2O6P/c1-6-8-10-12-14-16-18-20-22-23-24-25-26-27-28-29-30-31-32-33-34-35-36-37-38-39-40-41-42-43-44-45-47-49-51-53-55-57-59-61-67(71)68-65(64-75-76(72,73)74-63-62-69(3,4)5)66(70)60-58-56-54-52-50-48-46-21-19-17-15-13-11-9-7-2/h58,60,65-66,70H,6-57,59,61-64H2,1-5H3,(H-,68,71,72,73)/p+1/b60-58+. The van der Waals surface area contributed by atoms with Crippen LogP contribution in [-0.4, -0.2) is 73.4 Å². The Balaban J connectivity index is 3.84. The molecule has 0 aromatic heterocycles. The van der Waals surface area contributed by atoms with E-state index in [-0.39, 0.29) is 19.1 Å². The van der Waals surface area contributed by atoms with Crippen molar-refractivity contribution in [2.45, 2.75) is 373 Å². The number of carbonyl (C=O) groups excluding carboxylic acids is 1. The van der Waals surface area contributed by atoms with Crippen LogP contribution in [0.1, 0.15) is 361 Å². The summed E-state index contributed by atoms with van der Waals surface area (Å²) >= 11 is 0. The molecule has 0 fully saturated rings. The van der Waals surface area contributed by atoms with Crippen LogP contribution in [0.15, 0.2) is 12.2 Å². The number of rotatable bonds is 64. The van der Waals surface area contributed by atoms with Gasteiger partial charge in [-0.15, -0.1) is 0 Å². The Kier molecular flexibility index (Phi) is 58.3. The van der Waals surface area contributed by atoms with Gasteiger partial charge in [-0.25, -0.2) is 4.57 Å². The molecule has 9 heteroatoms. The van der Waals surface area contributed by atoms with Crippen molar-refractivity contribution in [1.29, 1.82) is 0 Å². The highest BCUT2D eigenvalue weighted by molar-refractivity contribution is 7.47. The number of phosphoric ester groups is 1. The smallest absolute Gasteiger partial charge is 0.387 e. The van der Waals surface area contributed by atoms with Crippen LogP contribution in [0.3, 0.4) is 0 Å². The molecule has 0 aromatic rings. The molecule has 0 saturated heterocycles. The zero-order valence-corrected chi connectivity index (χ0v) is 52.9. The minimum atomic E-state index is -4.34. The van der Waals surface area contributed by atoms with Gasteiger partial charge in [-0.2, -0.15) is 0 Å². The molecule has 3 unspecified atom stereocenters. The van der Waals surface area contributed by atoms with Crippen LogP contribution in [-0.2, 0) is 18.4 Å². The third-order valence-corrected chi connectivity index (χ3v) is 17.0. The maximum absolute atomic E-state index is 13.0. The lowest BCUT2D eigenvalue weighted by molar-refractivity contribution is -0.870. The molecule has 3 N–H and O–H groups in total. The average Bonchev–Trinajstić information content (AvgIpc) is 3.38. The van der Waals surface area contributed by atoms with Gasteiger partial charge >= 0.3 is 7.82 Å². The number of hydrogen-bond acceptors (Lipinski definition) is 5. The lowest BCUT2D eigenvalue weighted by atomic mass is 10.0. The molecule has 0 spiro atoms. The predicted octanol–water partition coefficient (Wildman–Crippen LogP) is 21.3. The van der Waals surface area contributed by atoms with Gasteiger partial charge in [-0.1, -0.05) is 347 Å². The third-order valence-electron chi connectivity index (χ3n) is 16.0. The highest BCUT2D eigenvalue weighted by atomic mass is 31.2. The van der Waals surface area contributed by atoms with E-state index in [1.54, 1.807) is 6.08 Å². The van der Waals surface area contributed by atoms with Gasteiger partial charge < -0.3 is 19.8 Å². The molecule has 8 nitrogen and oxygen atoms in total. The van der Waals surface area contributed by atoms with Crippen molar-refractivity contribution in [3.05, 3.63) is 12.2 Å².